The molecule has 0 saturated heterocycles. The van der Waals surface area contributed by atoms with Crippen LogP contribution >= 0.6 is 11.6 Å². The van der Waals surface area contributed by atoms with Gasteiger partial charge in [0, 0.05) is 4.90 Å². The maximum absolute atomic E-state index is 12.6. The lowest BCUT2D eigenvalue weighted by atomic mass is 10.0. The van der Waals surface area contributed by atoms with Gasteiger partial charge in [-0.15, -0.1) is 0 Å². The first-order chi connectivity index (χ1) is 14.0. The van der Waals surface area contributed by atoms with Gasteiger partial charge in [0.1, 0.15) is 23.4 Å². The summed E-state index contributed by atoms with van der Waals surface area (Å²) in [6.45, 7) is 0.439. The molecule has 3 aromatic carbocycles. The molecular formula is C22H16ClF2NO2S. The summed E-state index contributed by atoms with van der Waals surface area (Å²) >= 11 is 6.21. The molecule has 0 aromatic heterocycles. The van der Waals surface area contributed by atoms with Crippen LogP contribution in [0.3, 0.4) is 0 Å². The Balaban J connectivity index is 1.51. The van der Waals surface area contributed by atoms with Crippen molar-refractivity contribution in [1.82, 2.24) is 0 Å². The fourth-order valence-corrected chi connectivity index (χ4v) is 3.94. The lowest BCUT2D eigenvalue weighted by Gasteiger charge is -2.08. The Labute approximate surface area is 174 Å². The van der Waals surface area contributed by atoms with Crippen LogP contribution in [0.15, 0.2) is 82.7 Å². The van der Waals surface area contributed by atoms with Crippen molar-refractivity contribution >= 4 is 28.3 Å². The molecule has 0 saturated carbocycles. The van der Waals surface area contributed by atoms with Crippen LogP contribution in [0.4, 0.5) is 8.78 Å². The molecule has 0 N–H and O–H groups in total. The maximum atomic E-state index is 12.6. The van der Waals surface area contributed by atoms with Crippen LogP contribution in [0, 0.1) is 0 Å². The van der Waals surface area contributed by atoms with E-state index in [2.05, 4.69) is 4.99 Å². The molecule has 7 heteroatoms. The van der Waals surface area contributed by atoms with Crippen LogP contribution in [0.1, 0.15) is 17.2 Å². The van der Waals surface area contributed by atoms with E-state index in [0.717, 1.165) is 22.3 Å². The first-order valence-electron chi connectivity index (χ1n) is 8.87. The van der Waals surface area contributed by atoms with E-state index in [1.807, 2.05) is 42.5 Å². The second kappa shape index (κ2) is 8.43. The number of benzene rings is 3. The minimum absolute atomic E-state index is 0.116. The van der Waals surface area contributed by atoms with Gasteiger partial charge in [0.05, 0.1) is 10.6 Å². The molecule has 29 heavy (non-hydrogen) atoms. The molecule has 4 rings (SSSR count). The zero-order valence-electron chi connectivity index (χ0n) is 15.1. The van der Waals surface area contributed by atoms with Crippen molar-refractivity contribution in [3.8, 4) is 11.1 Å². The van der Waals surface area contributed by atoms with Gasteiger partial charge < -0.3 is 4.74 Å². The van der Waals surface area contributed by atoms with E-state index in [9.17, 15) is 13.0 Å². The van der Waals surface area contributed by atoms with Crippen molar-refractivity contribution in [2.45, 2.75) is 16.7 Å². The molecule has 2 atom stereocenters. The van der Waals surface area contributed by atoms with Gasteiger partial charge in [-0.25, -0.2) is 9.20 Å². The molecule has 148 valence electrons. The van der Waals surface area contributed by atoms with Crippen molar-refractivity contribution in [3.05, 3.63) is 88.9 Å². The fourth-order valence-electron chi connectivity index (χ4n) is 3.11. The SMILES string of the molecule is O=S(c1ccc(-c2ccc(C3COC(c4ccccc4Cl)=N3)cc2)cc1)C(F)F. The molecular weight excluding hydrogens is 416 g/mol. The van der Waals surface area contributed by atoms with E-state index in [1.54, 1.807) is 18.2 Å². The molecule has 1 aliphatic heterocycles. The summed E-state index contributed by atoms with van der Waals surface area (Å²) in [6.07, 6.45) is 0. The zero-order valence-corrected chi connectivity index (χ0v) is 16.7. The van der Waals surface area contributed by atoms with Gasteiger partial charge in [-0.1, -0.05) is 60.1 Å². The number of rotatable bonds is 5. The van der Waals surface area contributed by atoms with E-state index >= 15 is 0 Å². The van der Waals surface area contributed by atoms with E-state index < -0.39 is 16.6 Å². The summed E-state index contributed by atoms with van der Waals surface area (Å²) in [6, 6.07) is 21.4. The summed E-state index contributed by atoms with van der Waals surface area (Å²) in [5.74, 6) is -2.35. The smallest absolute Gasteiger partial charge is 0.316 e. The van der Waals surface area contributed by atoms with Gasteiger partial charge >= 0.3 is 5.76 Å². The van der Waals surface area contributed by atoms with Gasteiger partial charge in [-0.05, 0) is 41.0 Å². The largest absolute Gasteiger partial charge is 0.475 e. The van der Waals surface area contributed by atoms with Crippen LogP contribution in [-0.2, 0) is 15.5 Å². The second-order valence-corrected chi connectivity index (χ2v) is 8.28. The molecule has 0 bridgehead atoms. The fraction of sp³-hybridized carbons (Fsp3) is 0.136. The van der Waals surface area contributed by atoms with Crippen LogP contribution in [-0.4, -0.2) is 22.5 Å². The predicted molar refractivity (Wildman–Crippen MR) is 111 cm³/mol. The Hall–Kier alpha value is -2.57. The minimum atomic E-state index is -2.88. The van der Waals surface area contributed by atoms with Crippen LogP contribution < -0.4 is 0 Å². The normalized spacial score (nSPS) is 17.1. The van der Waals surface area contributed by atoms with E-state index in [-0.39, 0.29) is 10.9 Å². The Morgan fingerprint density at radius 1 is 0.966 bits per heavy atom. The molecule has 0 radical (unpaired) electrons. The van der Waals surface area contributed by atoms with Gasteiger partial charge in [0.15, 0.2) is 0 Å². The van der Waals surface area contributed by atoms with Gasteiger partial charge in [0.2, 0.25) is 5.90 Å². The molecule has 2 unspecified atom stereocenters. The molecule has 0 spiro atoms. The predicted octanol–water partition coefficient (Wildman–Crippen LogP) is 5.86. The Bertz CT molecular complexity index is 1070. The average Bonchev–Trinajstić information content (AvgIpc) is 3.24. The lowest BCUT2D eigenvalue weighted by molar-refractivity contribution is 0.244. The molecule has 1 aliphatic rings. The highest BCUT2D eigenvalue weighted by atomic mass is 35.5. The number of aliphatic imine (C=N–C) groups is 1. The molecule has 0 amide bonds. The third-order valence-electron chi connectivity index (χ3n) is 4.63. The summed E-state index contributed by atoms with van der Waals surface area (Å²) in [5.41, 5.74) is 3.56. The van der Waals surface area contributed by atoms with Gasteiger partial charge in [0.25, 0.3) is 0 Å². The van der Waals surface area contributed by atoms with Crippen LogP contribution in [0.25, 0.3) is 11.1 Å². The standard InChI is InChI=1S/C22H16ClF2NO2S/c23-19-4-2-1-3-18(19)21-26-20(13-28-21)16-7-5-14(6-8-16)15-9-11-17(12-10-15)29(27)22(24)25/h1-12,20,22H,13H2. The van der Waals surface area contributed by atoms with Crippen LogP contribution in [0.5, 0.6) is 0 Å². The molecule has 0 aliphatic carbocycles. The van der Waals surface area contributed by atoms with Gasteiger partial charge in [-0.2, -0.15) is 8.78 Å². The van der Waals surface area contributed by atoms with Crippen molar-refractivity contribution in [3.63, 3.8) is 0 Å². The molecule has 1 heterocycles. The summed E-state index contributed by atoms with van der Waals surface area (Å²) in [7, 11) is -2.30. The number of halogens is 3. The van der Waals surface area contributed by atoms with E-state index in [0.29, 0.717) is 17.5 Å². The summed E-state index contributed by atoms with van der Waals surface area (Å²) in [5, 5.41) is 0.596. The topological polar surface area (TPSA) is 38.7 Å². The van der Waals surface area contributed by atoms with Crippen LogP contribution in [0.2, 0.25) is 5.02 Å². The van der Waals surface area contributed by atoms with E-state index in [4.69, 9.17) is 16.3 Å². The Morgan fingerprint density at radius 2 is 1.59 bits per heavy atom. The molecule has 3 nitrogen and oxygen atoms in total. The van der Waals surface area contributed by atoms with Crippen molar-refractivity contribution < 1.29 is 17.7 Å². The highest BCUT2D eigenvalue weighted by Gasteiger charge is 2.23. The highest BCUT2D eigenvalue weighted by molar-refractivity contribution is 7.85. The van der Waals surface area contributed by atoms with Crippen molar-refractivity contribution in [2.75, 3.05) is 6.61 Å². The number of ether oxygens (including phenoxy) is 1. The Kier molecular flexibility index (Phi) is 5.74. The van der Waals surface area contributed by atoms with Gasteiger partial charge in [-0.3, -0.25) is 0 Å². The number of alkyl halides is 2. The first-order valence-corrected chi connectivity index (χ1v) is 10.5. The molecule has 0 fully saturated rings. The third-order valence-corrected chi connectivity index (χ3v) is 6.02. The first kappa shape index (κ1) is 19.7. The quantitative estimate of drug-likeness (QED) is 0.508. The summed E-state index contributed by atoms with van der Waals surface area (Å²) in [4.78, 5) is 4.76. The second-order valence-electron chi connectivity index (χ2n) is 6.45. The molecule has 3 aromatic rings. The minimum Gasteiger partial charge on any atom is -0.475 e. The number of hydrogen-bond donors (Lipinski definition) is 0. The maximum Gasteiger partial charge on any atom is 0.316 e. The van der Waals surface area contributed by atoms with Crippen molar-refractivity contribution in [2.24, 2.45) is 4.99 Å². The number of hydrogen-bond acceptors (Lipinski definition) is 3. The van der Waals surface area contributed by atoms with E-state index in [1.165, 1.54) is 12.1 Å². The Morgan fingerprint density at radius 3 is 2.21 bits per heavy atom. The monoisotopic (exact) mass is 431 g/mol. The zero-order chi connectivity index (χ0) is 20.4. The number of nitrogens with zero attached hydrogens (tertiary/aromatic N) is 1. The third kappa shape index (κ3) is 4.23. The lowest BCUT2D eigenvalue weighted by Crippen LogP contribution is -2.02. The van der Waals surface area contributed by atoms with Crippen molar-refractivity contribution in [1.29, 1.82) is 0 Å². The highest BCUT2D eigenvalue weighted by Crippen LogP contribution is 2.29. The average molecular weight is 432 g/mol. The summed E-state index contributed by atoms with van der Waals surface area (Å²) < 4.78 is 42.3.